The fourth-order valence-corrected chi connectivity index (χ4v) is 3.70. The van der Waals surface area contributed by atoms with Gasteiger partial charge in [-0.25, -0.2) is 13.8 Å². The number of hydrogen-bond donors (Lipinski definition) is 1. The molecule has 0 saturated heterocycles. The van der Waals surface area contributed by atoms with Crippen LogP contribution in [0.5, 0.6) is 11.5 Å². The van der Waals surface area contributed by atoms with Crippen LogP contribution in [0.15, 0.2) is 60.2 Å². The molecule has 0 aliphatic carbocycles. The molecule has 0 fully saturated rings. The van der Waals surface area contributed by atoms with Crippen molar-refractivity contribution in [3.8, 4) is 11.5 Å². The van der Waals surface area contributed by atoms with Gasteiger partial charge in [-0.3, -0.25) is 9.10 Å². The molecule has 2 rings (SSSR count). The van der Waals surface area contributed by atoms with Crippen LogP contribution in [0.25, 0.3) is 0 Å². The highest BCUT2D eigenvalue weighted by Crippen LogP contribution is 2.27. The molecule has 0 unspecified atom stereocenters. The van der Waals surface area contributed by atoms with Crippen molar-refractivity contribution < 1.29 is 22.7 Å². The fourth-order valence-electron chi connectivity index (χ4n) is 2.81. The summed E-state index contributed by atoms with van der Waals surface area (Å²) >= 11 is 0. The minimum Gasteiger partial charge on any atom is -0.493 e. The number of hydrogen-bond acceptors (Lipinski definition) is 6. The number of aryl methyl sites for hydroxylation is 1. The first-order valence-corrected chi connectivity index (χ1v) is 11.4. The summed E-state index contributed by atoms with van der Waals surface area (Å²) in [5.74, 6) is 0.504. The molecule has 0 bridgehead atoms. The number of amides is 1. The van der Waals surface area contributed by atoms with Gasteiger partial charge in [-0.2, -0.15) is 5.10 Å². The summed E-state index contributed by atoms with van der Waals surface area (Å²) in [6.07, 6.45) is 4.76. The van der Waals surface area contributed by atoms with E-state index in [1.165, 1.54) is 13.3 Å². The van der Waals surface area contributed by atoms with Gasteiger partial charge in [0.05, 0.1) is 25.3 Å². The Balaban J connectivity index is 2.10. The highest BCUT2D eigenvalue weighted by Gasteiger charge is 2.22. The Hall–Kier alpha value is -3.33. The number of ether oxygens (including phenoxy) is 2. The van der Waals surface area contributed by atoms with Crippen molar-refractivity contribution in [3.05, 3.63) is 66.2 Å². The molecule has 0 heterocycles. The van der Waals surface area contributed by atoms with Gasteiger partial charge >= 0.3 is 0 Å². The van der Waals surface area contributed by atoms with Crippen LogP contribution in [0, 0.1) is 0 Å². The highest BCUT2D eigenvalue weighted by molar-refractivity contribution is 7.92. The maximum Gasteiger partial charge on any atom is 0.260 e. The van der Waals surface area contributed by atoms with Crippen LogP contribution in [-0.2, 0) is 21.2 Å². The Bertz CT molecular complexity index is 1050. The lowest BCUT2D eigenvalue weighted by Gasteiger charge is -2.23. The van der Waals surface area contributed by atoms with Crippen molar-refractivity contribution in [1.29, 1.82) is 0 Å². The molecule has 2 aromatic carbocycles. The van der Waals surface area contributed by atoms with E-state index in [4.69, 9.17) is 9.47 Å². The third-order valence-corrected chi connectivity index (χ3v) is 5.40. The van der Waals surface area contributed by atoms with Crippen molar-refractivity contribution in [3.63, 3.8) is 0 Å². The number of anilines is 1. The molecule has 0 atom stereocenters. The third-order valence-electron chi connectivity index (χ3n) is 4.28. The van der Waals surface area contributed by atoms with Gasteiger partial charge in [0.15, 0.2) is 11.5 Å². The number of hydrazone groups is 1. The van der Waals surface area contributed by atoms with Crippen LogP contribution in [0.1, 0.15) is 18.1 Å². The van der Waals surface area contributed by atoms with Crippen LogP contribution < -0.4 is 19.2 Å². The average Bonchev–Trinajstić information content (AvgIpc) is 2.75. The zero-order chi connectivity index (χ0) is 22.9. The molecule has 0 aromatic heterocycles. The van der Waals surface area contributed by atoms with E-state index in [1.54, 1.807) is 36.4 Å². The molecule has 2 aromatic rings. The van der Waals surface area contributed by atoms with Gasteiger partial charge in [0.25, 0.3) is 5.91 Å². The topological polar surface area (TPSA) is 97.3 Å². The van der Waals surface area contributed by atoms with E-state index < -0.39 is 15.9 Å². The van der Waals surface area contributed by atoms with Crippen LogP contribution in [0.2, 0.25) is 0 Å². The van der Waals surface area contributed by atoms with Crippen LogP contribution in [-0.4, -0.2) is 47.1 Å². The first-order valence-electron chi connectivity index (χ1n) is 9.59. The molecular weight excluding hydrogens is 418 g/mol. The number of rotatable bonds is 11. The number of nitrogens with zero attached hydrogens (tertiary/aromatic N) is 2. The monoisotopic (exact) mass is 445 g/mol. The number of methoxy groups -OCH3 is 1. The Morgan fingerprint density at radius 2 is 1.97 bits per heavy atom. The van der Waals surface area contributed by atoms with E-state index >= 15 is 0 Å². The Morgan fingerprint density at radius 3 is 2.61 bits per heavy atom. The van der Waals surface area contributed by atoms with E-state index in [9.17, 15) is 13.2 Å². The largest absolute Gasteiger partial charge is 0.493 e. The molecule has 0 radical (unpaired) electrons. The molecule has 0 aliphatic heterocycles. The van der Waals surface area contributed by atoms with Gasteiger partial charge < -0.3 is 9.47 Å². The number of nitrogens with one attached hydrogen (secondary N) is 1. The molecule has 1 amide bonds. The number of sulfonamides is 1. The lowest BCUT2D eigenvalue weighted by atomic mass is 10.1. The van der Waals surface area contributed by atoms with Crippen molar-refractivity contribution in [1.82, 2.24) is 5.43 Å². The van der Waals surface area contributed by atoms with Gasteiger partial charge in [0.2, 0.25) is 10.0 Å². The first-order chi connectivity index (χ1) is 14.8. The number of para-hydroxylation sites is 1. The molecule has 0 saturated carbocycles. The molecule has 0 spiro atoms. The second kappa shape index (κ2) is 11.2. The van der Waals surface area contributed by atoms with E-state index in [-0.39, 0.29) is 6.54 Å². The second-order valence-corrected chi connectivity index (χ2v) is 8.46. The summed E-state index contributed by atoms with van der Waals surface area (Å²) in [4.78, 5) is 12.4. The van der Waals surface area contributed by atoms with Gasteiger partial charge in [-0.05, 0) is 41.8 Å². The summed E-state index contributed by atoms with van der Waals surface area (Å²) in [5, 5.41) is 3.92. The quantitative estimate of drug-likeness (QED) is 0.326. The van der Waals surface area contributed by atoms with E-state index in [0.717, 1.165) is 16.1 Å². The summed E-state index contributed by atoms with van der Waals surface area (Å²) in [5.41, 5.74) is 4.34. The number of carbonyl (C=O) groups excluding carboxylic acids is 1. The fraction of sp³-hybridized carbons (Fsp3) is 0.273. The zero-order valence-electron chi connectivity index (χ0n) is 17.9. The number of benzene rings is 2. The van der Waals surface area contributed by atoms with Crippen molar-refractivity contribution >= 4 is 27.8 Å². The zero-order valence-corrected chi connectivity index (χ0v) is 18.7. The van der Waals surface area contributed by atoms with Crippen LogP contribution >= 0.6 is 0 Å². The molecule has 8 nitrogen and oxygen atoms in total. The SMILES string of the molecule is C=CCOc1ccc(/C=N\NC(=O)CN(c2ccccc2CC)S(C)(=O)=O)cc1OC. The lowest BCUT2D eigenvalue weighted by Crippen LogP contribution is -2.39. The van der Waals surface area contributed by atoms with E-state index in [0.29, 0.717) is 35.8 Å². The van der Waals surface area contributed by atoms with Gasteiger partial charge in [-0.1, -0.05) is 37.8 Å². The molecule has 1 N–H and O–H groups in total. The van der Waals surface area contributed by atoms with Gasteiger partial charge in [-0.15, -0.1) is 0 Å². The lowest BCUT2D eigenvalue weighted by molar-refractivity contribution is -0.119. The predicted octanol–water partition coefficient (Wildman–Crippen LogP) is 2.74. The van der Waals surface area contributed by atoms with Gasteiger partial charge in [0, 0.05) is 0 Å². The summed E-state index contributed by atoms with van der Waals surface area (Å²) in [7, 11) is -2.14. The minimum absolute atomic E-state index is 0.345. The summed E-state index contributed by atoms with van der Waals surface area (Å²) in [6, 6.07) is 12.2. The van der Waals surface area contributed by atoms with Gasteiger partial charge in [0.1, 0.15) is 13.2 Å². The maximum absolute atomic E-state index is 12.4. The first kappa shape index (κ1) is 23.9. The second-order valence-electron chi connectivity index (χ2n) is 6.56. The summed E-state index contributed by atoms with van der Waals surface area (Å²) < 4.78 is 36.4. The van der Waals surface area contributed by atoms with Crippen LogP contribution in [0.3, 0.4) is 0 Å². The molecule has 166 valence electrons. The standard InChI is InChI=1S/C22H27N3O5S/c1-5-13-30-20-12-11-17(14-21(20)29-3)15-23-24-22(26)16-25(31(4,27)28)19-10-8-7-9-18(19)6-2/h5,7-12,14-15H,1,6,13,16H2,2-4H3,(H,24,26)/b23-15-. The smallest absolute Gasteiger partial charge is 0.260 e. The molecule has 9 heteroatoms. The highest BCUT2D eigenvalue weighted by atomic mass is 32.2. The predicted molar refractivity (Wildman–Crippen MR) is 122 cm³/mol. The normalized spacial score (nSPS) is 11.2. The van der Waals surface area contributed by atoms with E-state index in [2.05, 4.69) is 17.1 Å². The Morgan fingerprint density at radius 1 is 1.23 bits per heavy atom. The third kappa shape index (κ3) is 6.85. The van der Waals surface area contributed by atoms with Crippen molar-refractivity contribution in [2.75, 3.05) is 30.8 Å². The molecule has 31 heavy (non-hydrogen) atoms. The molecule has 0 aliphatic rings. The summed E-state index contributed by atoms with van der Waals surface area (Å²) in [6.45, 7) is 5.49. The van der Waals surface area contributed by atoms with E-state index in [1.807, 2.05) is 19.1 Å². The van der Waals surface area contributed by atoms with Crippen LogP contribution in [0.4, 0.5) is 5.69 Å². The Kier molecular flexibility index (Phi) is 8.63. The average molecular weight is 446 g/mol. The Labute approximate surface area is 183 Å². The minimum atomic E-state index is -3.66. The molecular formula is C22H27N3O5S. The number of carbonyl (C=O) groups is 1. The van der Waals surface area contributed by atoms with Crippen molar-refractivity contribution in [2.45, 2.75) is 13.3 Å². The maximum atomic E-state index is 12.4. The van der Waals surface area contributed by atoms with Crippen molar-refractivity contribution in [2.24, 2.45) is 5.10 Å².